The maximum absolute atomic E-state index is 13.3. The summed E-state index contributed by atoms with van der Waals surface area (Å²) >= 11 is 0. The fourth-order valence-electron chi connectivity index (χ4n) is 4.15. The van der Waals surface area contributed by atoms with Crippen LogP contribution in [0.4, 0.5) is 10.5 Å². The molecule has 0 aliphatic carbocycles. The van der Waals surface area contributed by atoms with Gasteiger partial charge in [-0.25, -0.2) is 16.1 Å². The maximum Gasteiger partial charge on any atom is 0.349 e. The third kappa shape index (κ3) is 4.39. The second kappa shape index (κ2) is 9.84. The number of hydrogen-bond donors (Lipinski definition) is 5. The summed E-state index contributed by atoms with van der Waals surface area (Å²) in [6.45, 7) is 0. The Morgan fingerprint density at radius 2 is 1.60 bits per heavy atom. The molecule has 35 heavy (non-hydrogen) atoms. The van der Waals surface area contributed by atoms with Crippen molar-refractivity contribution in [3.05, 3.63) is 89.5 Å². The van der Waals surface area contributed by atoms with E-state index in [9.17, 15) is 14.7 Å². The van der Waals surface area contributed by atoms with E-state index in [1.165, 1.54) is 0 Å². The summed E-state index contributed by atoms with van der Waals surface area (Å²) in [6, 6.07) is 19.9. The molecule has 1 aliphatic heterocycles. The molecule has 1 aliphatic rings. The molecule has 0 bridgehead atoms. The van der Waals surface area contributed by atoms with Gasteiger partial charge in [-0.1, -0.05) is 30.3 Å². The highest BCUT2D eigenvalue weighted by Gasteiger charge is 2.53. The zero-order chi connectivity index (χ0) is 25.0. The fourth-order valence-corrected chi connectivity index (χ4v) is 4.15. The maximum atomic E-state index is 13.3. The highest BCUT2D eigenvalue weighted by atomic mass is 16.5. The van der Waals surface area contributed by atoms with Crippen LogP contribution in [0.15, 0.2) is 77.9 Å². The van der Waals surface area contributed by atoms with E-state index in [0.717, 1.165) is 0 Å². The number of hydrogen-bond acceptors (Lipinski definition) is 7. The monoisotopic (exact) mass is 475 g/mol. The van der Waals surface area contributed by atoms with Gasteiger partial charge in [0.25, 0.3) is 5.91 Å². The van der Waals surface area contributed by atoms with Crippen molar-refractivity contribution >= 4 is 23.3 Å². The lowest BCUT2D eigenvalue weighted by Gasteiger charge is -2.33. The van der Waals surface area contributed by atoms with Gasteiger partial charge in [-0.2, -0.15) is 5.10 Å². The van der Waals surface area contributed by atoms with Crippen molar-refractivity contribution in [1.29, 1.82) is 0 Å². The number of ether oxygens (including phenoxy) is 2. The summed E-state index contributed by atoms with van der Waals surface area (Å²) in [7, 11) is 3.08. The van der Waals surface area contributed by atoms with Crippen molar-refractivity contribution < 1.29 is 24.2 Å². The number of aliphatic hydroxyl groups is 1. The first-order valence-corrected chi connectivity index (χ1v) is 10.7. The predicted octanol–water partition coefficient (Wildman–Crippen LogP) is 2.20. The second-order valence-electron chi connectivity index (χ2n) is 7.78. The standard InChI is InChI=1S/C25H25N5O5/c1-34-17-11-7-15(8-12-17)21(25(33)19-5-3-4-6-20(19)27-23(25)31)22(29-30-24(32)28-26)16-9-13-18(35-2)14-10-16/h3-14,21,33H,26H2,1-2H3,(H,27,31)(H2,28,30,32). The fraction of sp³-hybridized carbons (Fsp3) is 0.160. The smallest absolute Gasteiger partial charge is 0.349 e. The number of anilines is 1. The molecule has 0 saturated carbocycles. The minimum Gasteiger partial charge on any atom is -0.497 e. The van der Waals surface area contributed by atoms with Gasteiger partial charge in [0.05, 0.1) is 25.8 Å². The van der Waals surface area contributed by atoms with E-state index < -0.39 is 23.5 Å². The molecule has 180 valence electrons. The van der Waals surface area contributed by atoms with Crippen LogP contribution in [0.2, 0.25) is 0 Å². The van der Waals surface area contributed by atoms with E-state index in [0.29, 0.717) is 33.9 Å². The van der Waals surface area contributed by atoms with Gasteiger partial charge in [0, 0.05) is 11.3 Å². The molecule has 0 fully saturated rings. The number of amides is 3. The summed E-state index contributed by atoms with van der Waals surface area (Å²) in [4.78, 5) is 25.3. The van der Waals surface area contributed by atoms with Crippen LogP contribution in [0.25, 0.3) is 0 Å². The van der Waals surface area contributed by atoms with Gasteiger partial charge in [-0.15, -0.1) is 0 Å². The molecule has 4 rings (SSSR count). The van der Waals surface area contributed by atoms with Gasteiger partial charge in [-0.3, -0.25) is 10.2 Å². The van der Waals surface area contributed by atoms with E-state index in [1.54, 1.807) is 87.0 Å². The third-order valence-electron chi connectivity index (χ3n) is 5.87. The Morgan fingerprint density at radius 3 is 2.20 bits per heavy atom. The van der Waals surface area contributed by atoms with Gasteiger partial charge >= 0.3 is 6.03 Å². The van der Waals surface area contributed by atoms with Crippen molar-refractivity contribution in [2.45, 2.75) is 11.5 Å². The molecule has 3 aromatic rings. The Bertz CT molecular complexity index is 1260. The summed E-state index contributed by atoms with van der Waals surface area (Å²) in [5.41, 5.74) is 4.41. The number of hydrazine groups is 1. The third-order valence-corrected chi connectivity index (χ3v) is 5.87. The first kappa shape index (κ1) is 23.7. The van der Waals surface area contributed by atoms with Crippen molar-refractivity contribution in [3.63, 3.8) is 0 Å². The summed E-state index contributed by atoms with van der Waals surface area (Å²) in [5.74, 6) is 4.75. The van der Waals surface area contributed by atoms with Crippen LogP contribution < -0.4 is 31.5 Å². The number of carbonyl (C=O) groups excluding carboxylic acids is 2. The molecular weight excluding hydrogens is 450 g/mol. The molecule has 2 unspecified atom stereocenters. The van der Waals surface area contributed by atoms with Crippen molar-refractivity contribution in [1.82, 2.24) is 10.9 Å². The number of nitrogens with two attached hydrogens (primary N) is 1. The summed E-state index contributed by atoms with van der Waals surface area (Å²) < 4.78 is 10.5. The first-order valence-electron chi connectivity index (χ1n) is 10.7. The largest absolute Gasteiger partial charge is 0.497 e. The minimum atomic E-state index is -2.05. The number of hydrazone groups is 1. The van der Waals surface area contributed by atoms with Crippen molar-refractivity contribution in [2.24, 2.45) is 10.9 Å². The molecule has 0 radical (unpaired) electrons. The minimum absolute atomic E-state index is 0.218. The predicted molar refractivity (Wildman–Crippen MR) is 130 cm³/mol. The topological polar surface area (TPSA) is 147 Å². The van der Waals surface area contributed by atoms with Crippen molar-refractivity contribution in [3.8, 4) is 11.5 Å². The number of methoxy groups -OCH3 is 2. The van der Waals surface area contributed by atoms with Crippen LogP contribution in [0, 0.1) is 0 Å². The van der Waals surface area contributed by atoms with Crippen LogP contribution in [-0.4, -0.2) is 37.0 Å². The number of fused-ring (bicyclic) bond motifs is 1. The van der Waals surface area contributed by atoms with Gasteiger partial charge in [0.15, 0.2) is 5.60 Å². The summed E-state index contributed by atoms with van der Waals surface area (Å²) in [5, 5.41) is 19.2. The number of rotatable bonds is 7. The van der Waals surface area contributed by atoms with Crippen LogP contribution >= 0.6 is 0 Å². The molecule has 0 spiro atoms. The average molecular weight is 476 g/mol. The number of urea groups is 1. The Labute approximate surface area is 201 Å². The Hall–Kier alpha value is -4.41. The molecule has 3 aromatic carbocycles. The highest BCUT2D eigenvalue weighted by molar-refractivity contribution is 6.14. The van der Waals surface area contributed by atoms with Crippen LogP contribution in [-0.2, 0) is 10.4 Å². The number of benzene rings is 3. The molecule has 2 atom stereocenters. The average Bonchev–Trinajstić information content (AvgIpc) is 3.16. The van der Waals surface area contributed by atoms with Crippen LogP contribution in [0.5, 0.6) is 11.5 Å². The molecule has 6 N–H and O–H groups in total. The van der Waals surface area contributed by atoms with Gasteiger partial charge in [-0.05, 0) is 53.6 Å². The molecule has 3 amide bonds. The second-order valence-corrected chi connectivity index (χ2v) is 7.78. The number of carbonyl (C=O) groups is 2. The van der Waals surface area contributed by atoms with E-state index in [4.69, 9.17) is 15.3 Å². The van der Waals surface area contributed by atoms with Crippen molar-refractivity contribution in [2.75, 3.05) is 19.5 Å². The summed E-state index contributed by atoms with van der Waals surface area (Å²) in [6.07, 6.45) is 0. The van der Waals surface area contributed by atoms with Gasteiger partial charge < -0.3 is 19.9 Å². The lowest BCUT2D eigenvalue weighted by molar-refractivity contribution is -0.134. The molecule has 0 saturated heterocycles. The number of nitrogens with one attached hydrogen (secondary N) is 3. The highest BCUT2D eigenvalue weighted by Crippen LogP contribution is 2.47. The van der Waals surface area contributed by atoms with E-state index in [1.807, 2.05) is 5.43 Å². The SMILES string of the molecule is COc1ccc(C(=NNC(=O)NN)C(c2ccc(OC)cc2)C2(O)C(=O)Nc3ccccc32)cc1. The normalized spacial score (nSPS) is 17.7. The number of para-hydroxylation sites is 1. The van der Waals surface area contributed by atoms with Gasteiger partial charge in [0.2, 0.25) is 0 Å². The zero-order valence-corrected chi connectivity index (χ0v) is 19.1. The van der Waals surface area contributed by atoms with E-state index >= 15 is 0 Å². The lowest BCUT2D eigenvalue weighted by atomic mass is 9.73. The Kier molecular flexibility index (Phi) is 6.67. The van der Waals surface area contributed by atoms with Crippen LogP contribution in [0.1, 0.15) is 22.6 Å². The first-order chi connectivity index (χ1) is 16.9. The Morgan fingerprint density at radius 1 is 1.00 bits per heavy atom. The molecule has 10 heteroatoms. The molecule has 0 aromatic heterocycles. The van der Waals surface area contributed by atoms with E-state index in [-0.39, 0.29) is 5.71 Å². The van der Waals surface area contributed by atoms with Gasteiger partial charge in [0.1, 0.15) is 11.5 Å². The molecular formula is C25H25N5O5. The quantitative estimate of drug-likeness (QED) is 0.153. The Balaban J connectivity index is 1.96. The molecule has 1 heterocycles. The van der Waals surface area contributed by atoms with Crippen LogP contribution in [0.3, 0.4) is 0 Å². The number of nitrogens with zero attached hydrogens (tertiary/aromatic N) is 1. The zero-order valence-electron chi connectivity index (χ0n) is 19.1. The lowest BCUT2D eigenvalue weighted by Crippen LogP contribution is -2.45. The molecule has 10 nitrogen and oxygen atoms in total. The van der Waals surface area contributed by atoms with E-state index in [2.05, 4.69) is 15.8 Å².